The molecular weight excluding hydrogens is 402 g/mol. The van der Waals surface area contributed by atoms with Gasteiger partial charge in [-0.25, -0.2) is 4.68 Å². The highest BCUT2D eigenvalue weighted by Crippen LogP contribution is 2.38. The standard InChI is InChI=1S/C24H33N7O/c32-24-6-2-5-21(24)25-11-17-10-16-8-7-15(9-22(16)27-17)13-31-14-23(29-30-31)18-3-1-4-20-19(18)12-26-28-20/h7-10,14,18-21,24-28,32H,1-6,11-13H2/t18?,19?,20?,21-,24+/m0/s1. The fraction of sp³-hybridized carbons (Fsp3) is 0.583. The van der Waals surface area contributed by atoms with E-state index < -0.39 is 0 Å². The second kappa shape index (κ2) is 8.59. The number of aliphatic hydroxyl groups excluding tert-OH is 1. The van der Waals surface area contributed by atoms with Crippen molar-refractivity contribution in [2.24, 2.45) is 5.92 Å². The fourth-order valence-electron chi connectivity index (χ4n) is 6.00. The Labute approximate surface area is 188 Å². The topological polar surface area (TPSA) is 103 Å². The Morgan fingerprint density at radius 2 is 2.06 bits per heavy atom. The van der Waals surface area contributed by atoms with E-state index in [0.29, 0.717) is 17.9 Å². The summed E-state index contributed by atoms with van der Waals surface area (Å²) in [5.74, 6) is 1.10. The summed E-state index contributed by atoms with van der Waals surface area (Å²) < 4.78 is 1.98. The van der Waals surface area contributed by atoms with Gasteiger partial charge in [-0.3, -0.25) is 10.9 Å². The first-order chi connectivity index (χ1) is 15.7. The molecule has 3 unspecified atom stereocenters. The predicted molar refractivity (Wildman–Crippen MR) is 123 cm³/mol. The van der Waals surface area contributed by atoms with Crippen molar-refractivity contribution in [3.63, 3.8) is 0 Å². The third-order valence-corrected chi connectivity index (χ3v) is 7.75. The number of rotatable bonds is 6. The van der Waals surface area contributed by atoms with Gasteiger partial charge < -0.3 is 15.4 Å². The van der Waals surface area contributed by atoms with Crippen LogP contribution in [0.3, 0.4) is 0 Å². The minimum Gasteiger partial charge on any atom is -0.392 e. The molecule has 3 heterocycles. The Morgan fingerprint density at radius 1 is 1.12 bits per heavy atom. The van der Waals surface area contributed by atoms with Crippen LogP contribution in [0.5, 0.6) is 0 Å². The van der Waals surface area contributed by atoms with Crippen LogP contribution in [0.25, 0.3) is 10.9 Å². The van der Waals surface area contributed by atoms with Crippen LogP contribution in [0.4, 0.5) is 0 Å². The fourth-order valence-corrected chi connectivity index (χ4v) is 6.00. The molecule has 3 fully saturated rings. The Kier molecular flexibility index (Phi) is 5.46. The van der Waals surface area contributed by atoms with Gasteiger partial charge in [-0.15, -0.1) is 5.10 Å². The lowest BCUT2D eigenvalue weighted by Gasteiger charge is -2.31. The Morgan fingerprint density at radius 3 is 2.97 bits per heavy atom. The van der Waals surface area contributed by atoms with Crippen molar-refractivity contribution in [1.82, 2.24) is 36.1 Å². The van der Waals surface area contributed by atoms with Crippen LogP contribution in [0.1, 0.15) is 61.4 Å². The van der Waals surface area contributed by atoms with E-state index in [4.69, 9.17) is 0 Å². The average Bonchev–Trinajstić information content (AvgIpc) is 3.58. The van der Waals surface area contributed by atoms with Gasteiger partial charge >= 0.3 is 0 Å². The minimum atomic E-state index is -0.209. The number of fused-ring (bicyclic) bond motifs is 2. The number of hydrogen-bond acceptors (Lipinski definition) is 6. The van der Waals surface area contributed by atoms with Gasteiger partial charge in [0.25, 0.3) is 0 Å². The molecule has 6 rings (SSSR count). The lowest BCUT2D eigenvalue weighted by Crippen LogP contribution is -2.36. The monoisotopic (exact) mass is 435 g/mol. The van der Waals surface area contributed by atoms with Crippen molar-refractivity contribution >= 4 is 10.9 Å². The summed E-state index contributed by atoms with van der Waals surface area (Å²) in [7, 11) is 0. The number of H-pyrrole nitrogens is 1. The van der Waals surface area contributed by atoms with E-state index in [-0.39, 0.29) is 12.1 Å². The molecule has 0 bridgehead atoms. The first-order valence-electron chi connectivity index (χ1n) is 12.1. The first kappa shape index (κ1) is 20.4. The third kappa shape index (κ3) is 3.96. The summed E-state index contributed by atoms with van der Waals surface area (Å²) in [6.45, 7) is 2.50. The number of hydrogen-bond donors (Lipinski definition) is 5. The van der Waals surface area contributed by atoms with Crippen LogP contribution in [-0.2, 0) is 13.1 Å². The number of hydrazine groups is 1. The second-order valence-corrected chi connectivity index (χ2v) is 9.88. The molecule has 3 aliphatic rings. The van der Waals surface area contributed by atoms with Crippen molar-refractivity contribution < 1.29 is 5.11 Å². The zero-order valence-corrected chi connectivity index (χ0v) is 18.4. The molecule has 8 nitrogen and oxygen atoms in total. The van der Waals surface area contributed by atoms with Crippen molar-refractivity contribution in [1.29, 1.82) is 0 Å². The molecule has 0 radical (unpaired) electrons. The molecule has 1 saturated heterocycles. The van der Waals surface area contributed by atoms with Crippen LogP contribution in [0.15, 0.2) is 30.5 Å². The molecular formula is C24H33N7O. The van der Waals surface area contributed by atoms with Gasteiger partial charge in [0.2, 0.25) is 0 Å². The van der Waals surface area contributed by atoms with E-state index in [9.17, 15) is 5.11 Å². The molecule has 1 aliphatic heterocycles. The van der Waals surface area contributed by atoms with E-state index in [0.717, 1.165) is 55.8 Å². The van der Waals surface area contributed by atoms with Crippen LogP contribution in [0.2, 0.25) is 0 Å². The molecule has 32 heavy (non-hydrogen) atoms. The van der Waals surface area contributed by atoms with E-state index in [1.54, 1.807) is 0 Å². The molecule has 3 aromatic rings. The van der Waals surface area contributed by atoms with Crippen molar-refractivity contribution in [2.75, 3.05) is 6.54 Å². The van der Waals surface area contributed by atoms with E-state index in [2.05, 4.69) is 61.9 Å². The maximum Gasteiger partial charge on any atom is 0.0862 e. The summed E-state index contributed by atoms with van der Waals surface area (Å²) in [6.07, 6.45) is 8.70. The lowest BCUT2D eigenvalue weighted by molar-refractivity contribution is 0.148. The van der Waals surface area contributed by atoms with Gasteiger partial charge in [0, 0.05) is 48.5 Å². The number of aromatic nitrogens is 4. The van der Waals surface area contributed by atoms with Gasteiger partial charge in [0.05, 0.1) is 18.3 Å². The average molecular weight is 436 g/mol. The summed E-state index contributed by atoms with van der Waals surface area (Å²) in [4.78, 5) is 3.54. The van der Waals surface area contributed by atoms with Crippen molar-refractivity contribution in [3.05, 3.63) is 47.4 Å². The van der Waals surface area contributed by atoms with Crippen molar-refractivity contribution in [3.8, 4) is 0 Å². The third-order valence-electron chi connectivity index (χ3n) is 7.75. The number of aliphatic hydroxyl groups is 1. The number of aromatic amines is 1. The van der Waals surface area contributed by atoms with Crippen molar-refractivity contribution in [2.45, 2.75) is 75.7 Å². The van der Waals surface area contributed by atoms with Gasteiger partial charge in [-0.2, -0.15) is 0 Å². The smallest absolute Gasteiger partial charge is 0.0862 e. The molecule has 1 aromatic carbocycles. The molecule has 8 heteroatoms. The Balaban J connectivity index is 1.13. The zero-order valence-electron chi connectivity index (χ0n) is 18.4. The van der Waals surface area contributed by atoms with Crippen LogP contribution >= 0.6 is 0 Å². The molecule has 0 spiro atoms. The lowest BCUT2D eigenvalue weighted by atomic mass is 9.75. The SMILES string of the molecule is O[C@@H]1CCC[C@@H]1NCc1cc2ccc(Cn3cc(C4CCCC5NNCC54)nn3)cc2[nH]1. The van der Waals surface area contributed by atoms with Crippen LogP contribution < -0.4 is 16.2 Å². The van der Waals surface area contributed by atoms with Crippen LogP contribution in [-0.4, -0.2) is 49.8 Å². The second-order valence-electron chi connectivity index (χ2n) is 9.88. The first-order valence-corrected chi connectivity index (χ1v) is 12.1. The molecule has 0 amide bonds. The van der Waals surface area contributed by atoms with Gasteiger partial charge in [-0.1, -0.05) is 23.8 Å². The molecule has 5 atom stereocenters. The minimum absolute atomic E-state index is 0.209. The Hall–Kier alpha value is -2.26. The normalized spacial score (nSPS) is 30.2. The van der Waals surface area contributed by atoms with Crippen LogP contribution in [0, 0.1) is 5.92 Å². The van der Waals surface area contributed by atoms with E-state index >= 15 is 0 Å². The van der Waals surface area contributed by atoms with Gasteiger partial charge in [-0.05, 0) is 61.1 Å². The number of benzene rings is 1. The highest BCUT2D eigenvalue weighted by Gasteiger charge is 2.38. The predicted octanol–water partition coefficient (Wildman–Crippen LogP) is 2.17. The zero-order chi connectivity index (χ0) is 21.5. The summed E-state index contributed by atoms with van der Waals surface area (Å²) in [6, 6.07) is 9.55. The van der Waals surface area contributed by atoms with Gasteiger partial charge in [0.1, 0.15) is 0 Å². The summed E-state index contributed by atoms with van der Waals surface area (Å²) in [5, 5.41) is 23.7. The Bertz CT molecular complexity index is 1080. The molecule has 2 aliphatic carbocycles. The van der Waals surface area contributed by atoms with Gasteiger partial charge in [0.15, 0.2) is 0 Å². The molecule has 2 saturated carbocycles. The summed E-state index contributed by atoms with van der Waals surface area (Å²) >= 11 is 0. The quantitative estimate of drug-likeness (QED) is 0.407. The highest BCUT2D eigenvalue weighted by molar-refractivity contribution is 5.81. The largest absolute Gasteiger partial charge is 0.392 e. The maximum absolute atomic E-state index is 10.0. The van der Waals surface area contributed by atoms with E-state index in [1.165, 1.54) is 30.2 Å². The highest BCUT2D eigenvalue weighted by atomic mass is 16.3. The number of nitrogens with zero attached hydrogens (tertiary/aromatic N) is 3. The van der Waals surface area contributed by atoms with E-state index in [1.807, 2.05) is 4.68 Å². The summed E-state index contributed by atoms with van der Waals surface area (Å²) in [5.41, 5.74) is 11.4. The molecule has 170 valence electrons. The number of nitrogens with one attached hydrogen (secondary N) is 4. The molecule has 5 N–H and O–H groups in total. The molecule has 2 aromatic heterocycles. The maximum atomic E-state index is 10.0.